The van der Waals surface area contributed by atoms with E-state index in [0.29, 0.717) is 0 Å². The van der Waals surface area contributed by atoms with Crippen LogP contribution in [-0.2, 0) is 11.2 Å². The molecule has 1 N–H and O–H groups in total. The van der Waals surface area contributed by atoms with Crippen LogP contribution in [0.2, 0.25) is 0 Å². The summed E-state index contributed by atoms with van der Waals surface area (Å²) in [5, 5.41) is 9.26. The lowest BCUT2D eigenvalue weighted by Gasteiger charge is -2.23. The molecule has 0 radical (unpaired) electrons. The fourth-order valence-electron chi connectivity index (χ4n) is 2.74. The third kappa shape index (κ3) is 3.26. The molecule has 1 aliphatic rings. The van der Waals surface area contributed by atoms with E-state index in [4.69, 9.17) is 4.74 Å². The molecule has 0 amide bonds. The number of carbonyl (C=O) groups is 1. The van der Waals surface area contributed by atoms with E-state index in [1.807, 2.05) is 31.2 Å². The predicted octanol–water partition coefficient (Wildman–Crippen LogP) is 2.03. The Morgan fingerprint density at radius 2 is 2.11 bits per heavy atom. The van der Waals surface area contributed by atoms with Crippen LogP contribution in [0, 0.1) is 5.92 Å². The molecule has 0 bridgehead atoms. The molecule has 1 aromatic carbocycles. The van der Waals surface area contributed by atoms with E-state index >= 15 is 0 Å². The number of likely N-dealkylation sites (tertiary alicyclic amines) is 1. The van der Waals surface area contributed by atoms with Crippen LogP contribution in [0.4, 0.5) is 0 Å². The Morgan fingerprint density at radius 3 is 2.68 bits per heavy atom. The van der Waals surface area contributed by atoms with Crippen LogP contribution in [0.15, 0.2) is 24.3 Å². The lowest BCUT2D eigenvalue weighted by atomic mass is 10.0. The Morgan fingerprint density at radius 1 is 1.42 bits per heavy atom. The molecule has 0 spiro atoms. The van der Waals surface area contributed by atoms with Gasteiger partial charge in [-0.25, -0.2) is 0 Å². The van der Waals surface area contributed by atoms with E-state index in [0.717, 1.165) is 31.7 Å². The van der Waals surface area contributed by atoms with Crippen LogP contribution in [0.1, 0.15) is 18.9 Å². The van der Waals surface area contributed by atoms with E-state index < -0.39 is 5.97 Å². The monoisotopic (exact) mass is 263 g/mol. The first-order valence-corrected chi connectivity index (χ1v) is 6.71. The fraction of sp³-hybridized carbons (Fsp3) is 0.533. The molecule has 19 heavy (non-hydrogen) atoms. The average Bonchev–Trinajstić information content (AvgIpc) is 2.78. The van der Waals surface area contributed by atoms with Gasteiger partial charge in [0.25, 0.3) is 0 Å². The Hall–Kier alpha value is -1.55. The van der Waals surface area contributed by atoms with Crippen molar-refractivity contribution in [1.29, 1.82) is 0 Å². The number of carboxylic acid groups (broad SMARTS) is 1. The van der Waals surface area contributed by atoms with Crippen molar-refractivity contribution in [3.63, 3.8) is 0 Å². The molecule has 104 valence electrons. The van der Waals surface area contributed by atoms with E-state index in [1.165, 1.54) is 5.56 Å². The summed E-state index contributed by atoms with van der Waals surface area (Å²) in [6.45, 7) is 3.70. The average molecular weight is 263 g/mol. The molecule has 2 rings (SSSR count). The van der Waals surface area contributed by atoms with Crippen molar-refractivity contribution >= 4 is 5.97 Å². The second-order valence-electron chi connectivity index (χ2n) is 5.18. The molecule has 1 aliphatic heterocycles. The molecule has 4 heteroatoms. The van der Waals surface area contributed by atoms with Crippen LogP contribution >= 0.6 is 0 Å². The summed E-state index contributed by atoms with van der Waals surface area (Å²) in [5.74, 6) is 0.398. The van der Waals surface area contributed by atoms with Crippen molar-refractivity contribution in [2.75, 3.05) is 20.2 Å². The molecule has 2 atom stereocenters. The van der Waals surface area contributed by atoms with Gasteiger partial charge in [0.2, 0.25) is 0 Å². The first-order valence-electron chi connectivity index (χ1n) is 6.71. The fourth-order valence-corrected chi connectivity index (χ4v) is 2.74. The van der Waals surface area contributed by atoms with Gasteiger partial charge in [-0.3, -0.25) is 9.69 Å². The Labute approximate surface area is 114 Å². The zero-order valence-electron chi connectivity index (χ0n) is 11.5. The van der Waals surface area contributed by atoms with Crippen LogP contribution in [0.25, 0.3) is 0 Å². The van der Waals surface area contributed by atoms with Gasteiger partial charge < -0.3 is 9.84 Å². The molecule has 0 aliphatic carbocycles. The number of hydrogen-bond donors (Lipinski definition) is 1. The van der Waals surface area contributed by atoms with E-state index in [9.17, 15) is 9.90 Å². The highest BCUT2D eigenvalue weighted by molar-refractivity contribution is 5.74. The minimum absolute atomic E-state index is 0.244. The highest BCUT2D eigenvalue weighted by Gasteiger charge is 2.36. The Balaban J connectivity index is 1.92. The summed E-state index contributed by atoms with van der Waals surface area (Å²) in [4.78, 5) is 13.3. The quantitative estimate of drug-likeness (QED) is 0.883. The Bertz CT molecular complexity index is 430. The predicted molar refractivity (Wildman–Crippen MR) is 73.5 cm³/mol. The number of nitrogens with zero attached hydrogens (tertiary/aromatic N) is 1. The van der Waals surface area contributed by atoms with E-state index in [-0.39, 0.29) is 12.0 Å². The smallest absolute Gasteiger partial charge is 0.321 e. The second-order valence-corrected chi connectivity index (χ2v) is 5.18. The third-order valence-corrected chi connectivity index (χ3v) is 3.90. The number of rotatable bonds is 5. The number of hydrogen-bond acceptors (Lipinski definition) is 3. The van der Waals surface area contributed by atoms with Crippen LogP contribution in [-0.4, -0.2) is 42.2 Å². The van der Waals surface area contributed by atoms with Crippen molar-refractivity contribution in [3.05, 3.63) is 29.8 Å². The maximum absolute atomic E-state index is 11.3. The molecule has 2 unspecified atom stereocenters. The number of ether oxygens (including phenoxy) is 1. The van der Waals surface area contributed by atoms with Crippen molar-refractivity contribution in [2.24, 2.45) is 5.92 Å². The topological polar surface area (TPSA) is 49.8 Å². The largest absolute Gasteiger partial charge is 0.497 e. The van der Waals surface area contributed by atoms with Gasteiger partial charge in [-0.2, -0.15) is 0 Å². The first-order chi connectivity index (χ1) is 9.11. The van der Waals surface area contributed by atoms with Crippen molar-refractivity contribution in [1.82, 2.24) is 4.90 Å². The second kappa shape index (κ2) is 6.06. The number of carboxylic acids is 1. The highest BCUT2D eigenvalue weighted by Crippen LogP contribution is 2.24. The maximum atomic E-state index is 11.3. The number of benzene rings is 1. The SMILES string of the molecule is COc1ccc(CCN2CCC(C)C2C(=O)O)cc1. The molecular weight excluding hydrogens is 242 g/mol. The maximum Gasteiger partial charge on any atom is 0.321 e. The molecular formula is C15H21NO3. The molecule has 1 heterocycles. The number of aliphatic carboxylic acids is 1. The summed E-state index contributed by atoms with van der Waals surface area (Å²) >= 11 is 0. The molecule has 1 aromatic rings. The summed E-state index contributed by atoms with van der Waals surface area (Å²) < 4.78 is 5.12. The van der Waals surface area contributed by atoms with Crippen molar-refractivity contribution < 1.29 is 14.6 Å². The number of methoxy groups -OCH3 is 1. The van der Waals surface area contributed by atoms with Crippen molar-refractivity contribution in [2.45, 2.75) is 25.8 Å². The lowest BCUT2D eigenvalue weighted by molar-refractivity contribution is -0.143. The summed E-state index contributed by atoms with van der Waals surface area (Å²) in [6.07, 6.45) is 1.85. The van der Waals surface area contributed by atoms with Crippen LogP contribution in [0.3, 0.4) is 0 Å². The van der Waals surface area contributed by atoms with E-state index in [1.54, 1.807) is 7.11 Å². The van der Waals surface area contributed by atoms with Gasteiger partial charge in [0, 0.05) is 6.54 Å². The summed E-state index contributed by atoms with van der Waals surface area (Å²) in [5.41, 5.74) is 1.21. The molecule has 0 aromatic heterocycles. The summed E-state index contributed by atoms with van der Waals surface area (Å²) in [6, 6.07) is 7.63. The van der Waals surface area contributed by atoms with Gasteiger partial charge in [-0.1, -0.05) is 19.1 Å². The minimum Gasteiger partial charge on any atom is -0.497 e. The van der Waals surface area contributed by atoms with Gasteiger partial charge in [0.1, 0.15) is 11.8 Å². The van der Waals surface area contributed by atoms with Crippen molar-refractivity contribution in [3.8, 4) is 5.75 Å². The van der Waals surface area contributed by atoms with Gasteiger partial charge in [0.15, 0.2) is 0 Å². The normalized spacial score (nSPS) is 23.5. The van der Waals surface area contributed by atoms with Gasteiger partial charge in [-0.05, 0) is 43.0 Å². The van der Waals surface area contributed by atoms with Gasteiger partial charge in [0.05, 0.1) is 7.11 Å². The van der Waals surface area contributed by atoms with Crippen LogP contribution in [0.5, 0.6) is 5.75 Å². The zero-order chi connectivity index (χ0) is 13.8. The van der Waals surface area contributed by atoms with E-state index in [2.05, 4.69) is 4.90 Å². The molecule has 0 saturated carbocycles. The lowest BCUT2D eigenvalue weighted by Crippen LogP contribution is -2.40. The van der Waals surface area contributed by atoms with Gasteiger partial charge in [-0.15, -0.1) is 0 Å². The summed E-state index contributed by atoms with van der Waals surface area (Å²) in [7, 11) is 1.65. The molecule has 1 fully saturated rings. The molecule has 1 saturated heterocycles. The van der Waals surface area contributed by atoms with Crippen LogP contribution < -0.4 is 4.74 Å². The molecule has 4 nitrogen and oxygen atoms in total. The highest BCUT2D eigenvalue weighted by atomic mass is 16.5. The zero-order valence-corrected chi connectivity index (χ0v) is 11.5. The van der Waals surface area contributed by atoms with Gasteiger partial charge >= 0.3 is 5.97 Å². The Kier molecular flexibility index (Phi) is 4.43. The minimum atomic E-state index is -0.695. The third-order valence-electron chi connectivity index (χ3n) is 3.90. The first kappa shape index (κ1) is 13.9. The standard InChI is InChI=1S/C15H21NO3/c1-11-7-9-16(14(11)15(17)18)10-8-12-3-5-13(19-2)6-4-12/h3-6,11,14H,7-10H2,1-2H3,(H,17,18).